The molecule has 122 valence electrons. The van der Waals surface area contributed by atoms with Gasteiger partial charge in [0.05, 0.1) is 0 Å². The summed E-state index contributed by atoms with van der Waals surface area (Å²) in [5.41, 5.74) is 0.784. The molecule has 0 unspecified atom stereocenters. The molecule has 0 bridgehead atoms. The van der Waals surface area contributed by atoms with E-state index in [-0.39, 0.29) is 0 Å². The van der Waals surface area contributed by atoms with Crippen molar-refractivity contribution in [1.29, 1.82) is 0 Å². The van der Waals surface area contributed by atoms with E-state index in [4.69, 9.17) is 0 Å². The molecule has 0 aromatic rings. The normalized spacial score (nSPS) is 14.8. The summed E-state index contributed by atoms with van der Waals surface area (Å²) < 4.78 is 36.8. The highest BCUT2D eigenvalue weighted by molar-refractivity contribution is 5.15. The molecule has 0 saturated carbocycles. The van der Waals surface area contributed by atoms with Gasteiger partial charge in [0, 0.05) is 18.2 Å². The second kappa shape index (κ2) is 9.82. The van der Waals surface area contributed by atoms with E-state index in [2.05, 4.69) is 31.9 Å². The number of alkyl halides is 3. The predicted octanol–water partition coefficient (Wildman–Crippen LogP) is 5.51. The molecule has 0 fully saturated rings. The van der Waals surface area contributed by atoms with E-state index in [9.17, 15) is 13.2 Å². The molecule has 4 heteroatoms. The van der Waals surface area contributed by atoms with Gasteiger partial charge in [-0.3, -0.25) is 0 Å². The third-order valence-corrected chi connectivity index (χ3v) is 3.64. The van der Waals surface area contributed by atoms with Gasteiger partial charge in [-0.15, -0.1) is 0 Å². The van der Waals surface area contributed by atoms with Crippen LogP contribution in [0.15, 0.2) is 35.5 Å². The minimum atomic E-state index is -4.22. The first kappa shape index (κ1) is 20.0. The molecule has 21 heavy (non-hydrogen) atoms. The molecule has 0 atom stereocenters. The predicted molar refractivity (Wildman–Crippen MR) is 84.3 cm³/mol. The summed E-state index contributed by atoms with van der Waals surface area (Å²) in [7, 11) is 2.10. The Morgan fingerprint density at radius 3 is 2.29 bits per heavy atom. The van der Waals surface area contributed by atoms with Crippen LogP contribution in [-0.4, -0.2) is 30.7 Å². The number of hydrogen-bond donors (Lipinski definition) is 0. The lowest BCUT2D eigenvalue weighted by atomic mass is 10.1. The monoisotopic (exact) mass is 303 g/mol. The summed E-state index contributed by atoms with van der Waals surface area (Å²) in [5.74, 6) is 0. The number of allylic oxidation sites excluding steroid dienone is 5. The Bertz CT molecular complexity index is 376. The van der Waals surface area contributed by atoms with Crippen molar-refractivity contribution in [3.05, 3.63) is 35.5 Å². The molecule has 0 radical (unpaired) electrons. The quantitative estimate of drug-likeness (QED) is 0.422. The van der Waals surface area contributed by atoms with Crippen molar-refractivity contribution in [3.8, 4) is 0 Å². The molecule has 0 heterocycles. The van der Waals surface area contributed by atoms with Crippen LogP contribution in [0.5, 0.6) is 0 Å². The van der Waals surface area contributed by atoms with Crippen molar-refractivity contribution in [2.45, 2.75) is 59.2 Å². The summed E-state index contributed by atoms with van der Waals surface area (Å²) in [6.07, 6.45) is 4.99. The maximum atomic E-state index is 12.3. The van der Waals surface area contributed by atoms with Crippen molar-refractivity contribution in [2.75, 3.05) is 13.6 Å². The van der Waals surface area contributed by atoms with Gasteiger partial charge in [0.2, 0.25) is 0 Å². The zero-order valence-electron chi connectivity index (χ0n) is 13.8. The third-order valence-electron chi connectivity index (χ3n) is 3.64. The lowest BCUT2D eigenvalue weighted by Crippen LogP contribution is -2.27. The van der Waals surface area contributed by atoms with E-state index in [0.29, 0.717) is 6.04 Å². The lowest BCUT2D eigenvalue weighted by molar-refractivity contribution is -0.0912. The molecule has 0 aliphatic heterocycles. The minimum absolute atomic E-state index is 0.526. The van der Waals surface area contributed by atoms with Gasteiger partial charge in [-0.25, -0.2) is 0 Å². The van der Waals surface area contributed by atoms with Crippen molar-refractivity contribution in [2.24, 2.45) is 0 Å². The highest BCUT2D eigenvalue weighted by atomic mass is 19.4. The SMILES string of the molecule is C/C=C(\CC/C=C\C=C(/C)C(F)(F)F)CCN(C)C(C)C. The lowest BCUT2D eigenvalue weighted by Gasteiger charge is -2.21. The second-order valence-electron chi connectivity index (χ2n) is 5.59. The molecule has 0 rings (SSSR count). The molecule has 1 nitrogen and oxygen atoms in total. The van der Waals surface area contributed by atoms with Crippen LogP contribution in [0, 0.1) is 0 Å². The topological polar surface area (TPSA) is 3.24 Å². The smallest absolute Gasteiger partial charge is 0.304 e. The van der Waals surface area contributed by atoms with Crippen molar-refractivity contribution in [3.63, 3.8) is 0 Å². The molecule has 0 aromatic heterocycles. The van der Waals surface area contributed by atoms with Gasteiger partial charge in [0.1, 0.15) is 0 Å². The first-order valence-corrected chi connectivity index (χ1v) is 7.43. The van der Waals surface area contributed by atoms with Crippen LogP contribution in [0.3, 0.4) is 0 Å². The Balaban J connectivity index is 4.15. The van der Waals surface area contributed by atoms with Gasteiger partial charge in [0.25, 0.3) is 0 Å². The van der Waals surface area contributed by atoms with Gasteiger partial charge in [-0.1, -0.05) is 29.9 Å². The Kier molecular flexibility index (Phi) is 9.34. The second-order valence-corrected chi connectivity index (χ2v) is 5.59. The fourth-order valence-corrected chi connectivity index (χ4v) is 1.66. The zero-order chi connectivity index (χ0) is 16.5. The van der Waals surface area contributed by atoms with Gasteiger partial charge in [-0.05, 0) is 54.0 Å². The number of hydrogen-bond acceptors (Lipinski definition) is 1. The minimum Gasteiger partial charge on any atom is -0.304 e. The van der Waals surface area contributed by atoms with Crippen molar-refractivity contribution in [1.82, 2.24) is 4.90 Å². The molecular weight excluding hydrogens is 275 g/mol. The first-order valence-electron chi connectivity index (χ1n) is 7.43. The van der Waals surface area contributed by atoms with E-state index in [0.717, 1.165) is 38.8 Å². The summed E-state index contributed by atoms with van der Waals surface area (Å²) in [5, 5.41) is 0. The molecule has 0 N–H and O–H groups in total. The highest BCUT2D eigenvalue weighted by Crippen LogP contribution is 2.24. The van der Waals surface area contributed by atoms with Crippen LogP contribution in [0.4, 0.5) is 13.2 Å². The van der Waals surface area contributed by atoms with Crippen molar-refractivity contribution < 1.29 is 13.2 Å². The number of nitrogens with zero attached hydrogens (tertiary/aromatic N) is 1. The van der Waals surface area contributed by atoms with Gasteiger partial charge in [-0.2, -0.15) is 13.2 Å². The average molecular weight is 303 g/mol. The van der Waals surface area contributed by atoms with Crippen LogP contribution in [0.2, 0.25) is 0 Å². The molecule has 0 aliphatic rings. The van der Waals surface area contributed by atoms with E-state index in [1.54, 1.807) is 6.08 Å². The standard InChI is InChI=1S/C17H28F3N/c1-6-16(12-13-21(5)14(2)3)11-9-7-8-10-15(4)17(18,19)20/h6-8,10,14H,9,11-13H2,1-5H3/b8-7-,15-10+,16-6+. The van der Waals surface area contributed by atoms with Crippen LogP contribution in [0.25, 0.3) is 0 Å². The molecule has 0 aromatic carbocycles. The Labute approximate surface area is 127 Å². The largest absolute Gasteiger partial charge is 0.412 e. The highest BCUT2D eigenvalue weighted by Gasteiger charge is 2.29. The van der Waals surface area contributed by atoms with Crippen LogP contribution in [0.1, 0.15) is 47.0 Å². The summed E-state index contributed by atoms with van der Waals surface area (Å²) in [6, 6.07) is 0.526. The Morgan fingerprint density at radius 1 is 1.19 bits per heavy atom. The molecule has 0 aliphatic carbocycles. The number of rotatable bonds is 8. The van der Waals surface area contributed by atoms with Gasteiger partial charge < -0.3 is 4.90 Å². The maximum absolute atomic E-state index is 12.3. The zero-order valence-corrected chi connectivity index (χ0v) is 13.8. The van der Waals surface area contributed by atoms with Crippen molar-refractivity contribution >= 4 is 0 Å². The van der Waals surface area contributed by atoms with Gasteiger partial charge in [0.15, 0.2) is 0 Å². The molecule has 0 spiro atoms. The van der Waals surface area contributed by atoms with E-state index in [1.165, 1.54) is 11.6 Å². The maximum Gasteiger partial charge on any atom is 0.412 e. The summed E-state index contributed by atoms with van der Waals surface area (Å²) >= 11 is 0. The molecule has 0 saturated heterocycles. The van der Waals surface area contributed by atoms with Crippen LogP contribution < -0.4 is 0 Å². The van der Waals surface area contributed by atoms with Gasteiger partial charge >= 0.3 is 6.18 Å². The van der Waals surface area contributed by atoms with E-state index in [1.807, 2.05) is 6.92 Å². The Hall–Kier alpha value is -1.03. The Morgan fingerprint density at radius 2 is 1.81 bits per heavy atom. The summed E-state index contributed by atoms with van der Waals surface area (Å²) in [4.78, 5) is 2.29. The fraction of sp³-hybridized carbons (Fsp3) is 0.647. The average Bonchev–Trinajstić information content (AvgIpc) is 2.39. The van der Waals surface area contributed by atoms with E-state index < -0.39 is 11.7 Å². The fourth-order valence-electron chi connectivity index (χ4n) is 1.66. The number of halogens is 3. The third kappa shape index (κ3) is 9.51. The first-order chi connectivity index (χ1) is 9.68. The van der Waals surface area contributed by atoms with E-state index >= 15 is 0 Å². The van der Waals surface area contributed by atoms with Crippen LogP contribution >= 0.6 is 0 Å². The summed E-state index contributed by atoms with van der Waals surface area (Å²) in [6.45, 7) is 8.43. The van der Waals surface area contributed by atoms with Crippen LogP contribution in [-0.2, 0) is 0 Å². The molecule has 0 amide bonds. The molecular formula is C17H28F3N.